The van der Waals surface area contributed by atoms with E-state index in [1.54, 1.807) is 0 Å². The lowest BCUT2D eigenvalue weighted by Crippen LogP contribution is -2.41. The standard InChI is InChI=1S/C15H26N2O/c1-10(2)18-9-14(17-16)8-15-12(4)6-11(3)7-13(15)5/h6-7,10,14,17H,8-9,16H2,1-5H3. The number of nitrogens with one attached hydrogen (secondary N) is 1. The van der Waals surface area contributed by atoms with E-state index in [-0.39, 0.29) is 12.1 Å². The topological polar surface area (TPSA) is 47.3 Å². The molecule has 0 heterocycles. The van der Waals surface area contributed by atoms with Crippen LogP contribution in [-0.4, -0.2) is 18.8 Å². The Hall–Kier alpha value is -0.900. The minimum Gasteiger partial charge on any atom is -0.377 e. The fourth-order valence-electron chi connectivity index (χ4n) is 2.25. The Morgan fingerprint density at radius 2 is 1.72 bits per heavy atom. The largest absolute Gasteiger partial charge is 0.377 e. The van der Waals surface area contributed by atoms with E-state index in [0.29, 0.717) is 6.61 Å². The minimum absolute atomic E-state index is 0.160. The van der Waals surface area contributed by atoms with Gasteiger partial charge in [0.25, 0.3) is 0 Å². The second-order valence-corrected chi connectivity index (χ2v) is 5.33. The Morgan fingerprint density at radius 1 is 1.17 bits per heavy atom. The molecule has 0 aromatic heterocycles. The normalized spacial score (nSPS) is 13.1. The lowest BCUT2D eigenvalue weighted by molar-refractivity contribution is 0.0612. The van der Waals surface area contributed by atoms with Crippen molar-refractivity contribution in [3.63, 3.8) is 0 Å². The SMILES string of the molecule is Cc1cc(C)c(CC(COC(C)C)NN)c(C)c1. The first-order valence-corrected chi connectivity index (χ1v) is 6.58. The van der Waals surface area contributed by atoms with Crippen LogP contribution in [0.4, 0.5) is 0 Å². The zero-order chi connectivity index (χ0) is 13.7. The Kier molecular flexibility index (Phi) is 5.79. The number of ether oxygens (including phenoxy) is 1. The summed E-state index contributed by atoms with van der Waals surface area (Å²) in [5.41, 5.74) is 8.19. The highest BCUT2D eigenvalue weighted by Gasteiger charge is 2.12. The minimum atomic E-state index is 0.160. The molecular weight excluding hydrogens is 224 g/mol. The second kappa shape index (κ2) is 6.88. The van der Waals surface area contributed by atoms with E-state index in [1.807, 2.05) is 13.8 Å². The van der Waals surface area contributed by atoms with Crippen LogP contribution in [0.5, 0.6) is 0 Å². The maximum absolute atomic E-state index is 5.63. The zero-order valence-electron chi connectivity index (χ0n) is 12.2. The fourth-order valence-corrected chi connectivity index (χ4v) is 2.25. The van der Waals surface area contributed by atoms with Gasteiger partial charge in [-0.1, -0.05) is 17.7 Å². The molecule has 1 atom stereocenters. The summed E-state index contributed by atoms with van der Waals surface area (Å²) in [5.74, 6) is 5.61. The van der Waals surface area contributed by atoms with Gasteiger partial charge in [-0.2, -0.15) is 0 Å². The third-order valence-electron chi connectivity index (χ3n) is 3.16. The number of hydrogen-bond acceptors (Lipinski definition) is 3. The van der Waals surface area contributed by atoms with Crippen molar-refractivity contribution in [2.75, 3.05) is 6.61 Å². The summed E-state index contributed by atoms with van der Waals surface area (Å²) in [6.07, 6.45) is 1.14. The molecule has 1 rings (SSSR count). The quantitative estimate of drug-likeness (QED) is 0.602. The molecule has 1 aromatic rings. The molecule has 0 spiro atoms. The molecule has 0 bridgehead atoms. The van der Waals surface area contributed by atoms with Crippen molar-refractivity contribution in [1.82, 2.24) is 5.43 Å². The van der Waals surface area contributed by atoms with E-state index in [2.05, 4.69) is 38.3 Å². The van der Waals surface area contributed by atoms with Gasteiger partial charge in [-0.3, -0.25) is 11.3 Å². The summed E-state index contributed by atoms with van der Waals surface area (Å²) in [6, 6.07) is 4.60. The van der Waals surface area contributed by atoms with Crippen LogP contribution in [0.25, 0.3) is 0 Å². The second-order valence-electron chi connectivity index (χ2n) is 5.33. The van der Waals surface area contributed by atoms with Gasteiger partial charge < -0.3 is 4.74 Å². The number of hydrogen-bond donors (Lipinski definition) is 2. The van der Waals surface area contributed by atoms with Crippen LogP contribution < -0.4 is 11.3 Å². The summed E-state index contributed by atoms with van der Waals surface area (Å²) < 4.78 is 5.63. The van der Waals surface area contributed by atoms with Crippen molar-refractivity contribution < 1.29 is 4.74 Å². The van der Waals surface area contributed by atoms with Gasteiger partial charge in [-0.25, -0.2) is 0 Å². The lowest BCUT2D eigenvalue weighted by Gasteiger charge is -2.20. The summed E-state index contributed by atoms with van der Waals surface area (Å²) in [6.45, 7) is 11.2. The van der Waals surface area contributed by atoms with Gasteiger partial charge in [0, 0.05) is 6.04 Å². The van der Waals surface area contributed by atoms with Crippen LogP contribution in [0.2, 0.25) is 0 Å². The van der Waals surface area contributed by atoms with Crippen molar-refractivity contribution in [3.8, 4) is 0 Å². The van der Waals surface area contributed by atoms with Gasteiger partial charge in [0.1, 0.15) is 0 Å². The van der Waals surface area contributed by atoms with Crippen LogP contribution in [0.3, 0.4) is 0 Å². The highest BCUT2D eigenvalue weighted by atomic mass is 16.5. The van der Waals surface area contributed by atoms with Gasteiger partial charge in [0.2, 0.25) is 0 Å². The number of benzene rings is 1. The molecule has 102 valence electrons. The van der Waals surface area contributed by atoms with Crippen molar-refractivity contribution in [2.45, 2.75) is 53.2 Å². The highest BCUT2D eigenvalue weighted by Crippen LogP contribution is 2.18. The highest BCUT2D eigenvalue weighted by molar-refractivity contribution is 5.38. The van der Waals surface area contributed by atoms with Crippen LogP contribution in [0.15, 0.2) is 12.1 Å². The molecule has 0 amide bonds. The molecule has 0 radical (unpaired) electrons. The molecule has 0 fully saturated rings. The summed E-state index contributed by atoms with van der Waals surface area (Å²) in [5, 5.41) is 0. The molecule has 1 aromatic carbocycles. The predicted octanol–water partition coefficient (Wildman–Crippen LogP) is 2.41. The average molecular weight is 250 g/mol. The Balaban J connectivity index is 2.75. The van der Waals surface area contributed by atoms with E-state index >= 15 is 0 Å². The monoisotopic (exact) mass is 250 g/mol. The van der Waals surface area contributed by atoms with Gasteiger partial charge in [-0.15, -0.1) is 0 Å². The van der Waals surface area contributed by atoms with Crippen LogP contribution in [-0.2, 0) is 11.2 Å². The van der Waals surface area contributed by atoms with Crippen LogP contribution in [0.1, 0.15) is 36.1 Å². The van der Waals surface area contributed by atoms with Crippen molar-refractivity contribution in [2.24, 2.45) is 5.84 Å². The maximum atomic E-state index is 5.63. The van der Waals surface area contributed by atoms with E-state index in [9.17, 15) is 0 Å². The van der Waals surface area contributed by atoms with Crippen molar-refractivity contribution in [3.05, 3.63) is 34.4 Å². The van der Waals surface area contributed by atoms with E-state index in [0.717, 1.165) is 6.42 Å². The molecule has 3 N–H and O–H groups in total. The van der Waals surface area contributed by atoms with Gasteiger partial charge in [0.15, 0.2) is 0 Å². The first-order chi connectivity index (χ1) is 8.43. The molecule has 1 unspecified atom stereocenters. The van der Waals surface area contributed by atoms with Gasteiger partial charge in [0.05, 0.1) is 12.7 Å². The smallest absolute Gasteiger partial charge is 0.0639 e. The van der Waals surface area contributed by atoms with Gasteiger partial charge >= 0.3 is 0 Å². The van der Waals surface area contributed by atoms with E-state index in [4.69, 9.17) is 10.6 Å². The first-order valence-electron chi connectivity index (χ1n) is 6.58. The summed E-state index contributed by atoms with van der Waals surface area (Å²) in [7, 11) is 0. The number of hydrazine groups is 1. The Morgan fingerprint density at radius 3 is 2.17 bits per heavy atom. The summed E-state index contributed by atoms with van der Waals surface area (Å²) in [4.78, 5) is 0. The van der Waals surface area contributed by atoms with Crippen LogP contribution in [0, 0.1) is 20.8 Å². The lowest BCUT2D eigenvalue weighted by atomic mass is 9.95. The van der Waals surface area contributed by atoms with Crippen molar-refractivity contribution >= 4 is 0 Å². The molecular formula is C15H26N2O. The van der Waals surface area contributed by atoms with Gasteiger partial charge in [-0.05, 0) is 57.7 Å². The fraction of sp³-hybridized carbons (Fsp3) is 0.600. The average Bonchev–Trinajstić information content (AvgIpc) is 2.26. The maximum Gasteiger partial charge on any atom is 0.0639 e. The number of rotatable bonds is 6. The van der Waals surface area contributed by atoms with Crippen molar-refractivity contribution in [1.29, 1.82) is 0 Å². The molecule has 0 aliphatic carbocycles. The number of nitrogens with two attached hydrogens (primary N) is 1. The Labute approximate surface area is 111 Å². The number of aryl methyl sites for hydroxylation is 3. The molecule has 0 aliphatic rings. The molecule has 0 saturated carbocycles. The molecule has 0 saturated heterocycles. The summed E-state index contributed by atoms with van der Waals surface area (Å²) >= 11 is 0. The van der Waals surface area contributed by atoms with E-state index < -0.39 is 0 Å². The molecule has 3 heteroatoms. The molecule has 18 heavy (non-hydrogen) atoms. The zero-order valence-corrected chi connectivity index (χ0v) is 12.2. The molecule has 3 nitrogen and oxygen atoms in total. The molecule has 0 aliphatic heterocycles. The van der Waals surface area contributed by atoms with Crippen LogP contribution >= 0.6 is 0 Å². The third kappa shape index (κ3) is 4.41. The van der Waals surface area contributed by atoms with E-state index in [1.165, 1.54) is 22.3 Å². The first kappa shape index (κ1) is 15.2. The third-order valence-corrected chi connectivity index (χ3v) is 3.16. The Bertz CT molecular complexity index is 365. The predicted molar refractivity (Wildman–Crippen MR) is 76.6 cm³/mol.